The minimum atomic E-state index is 1.22. The van der Waals surface area contributed by atoms with E-state index >= 15 is 0 Å². The van der Waals surface area contributed by atoms with Crippen molar-refractivity contribution in [1.29, 1.82) is 0 Å². The largest absolute Gasteiger partial charge is 0.246 e. The van der Waals surface area contributed by atoms with E-state index in [1.165, 1.54) is 34.8 Å². The van der Waals surface area contributed by atoms with Crippen LogP contribution in [0.25, 0.3) is 0 Å². The molecule has 0 N–H and O–H groups in total. The number of rotatable bonds is 0. The third kappa shape index (κ3) is 0.778. The van der Waals surface area contributed by atoms with Gasteiger partial charge in [0.2, 0.25) is 0 Å². The van der Waals surface area contributed by atoms with Gasteiger partial charge in [-0.1, -0.05) is 0 Å². The number of fused-ring (bicyclic) bond motifs is 1. The fourth-order valence-corrected chi connectivity index (χ4v) is 2.34. The lowest BCUT2D eigenvalue weighted by molar-refractivity contribution is 0.896. The van der Waals surface area contributed by atoms with Crippen LogP contribution in [0.5, 0.6) is 0 Å². The lowest BCUT2D eigenvalue weighted by Crippen LogP contribution is -1.76. The highest BCUT2D eigenvalue weighted by Gasteiger charge is 2.14. The van der Waals surface area contributed by atoms with Crippen LogP contribution in [0.15, 0.2) is 0 Å². The average molecular weight is 139 g/mol. The molecule has 0 amide bonds. The standard InChI is InChI=1S/C7H9NS/c1-5-8-6-3-2-4-7(6)9-5/h2-4H2,1H3. The molecule has 1 nitrogen and oxygen atoms in total. The van der Waals surface area contributed by atoms with Gasteiger partial charge in [0.05, 0.1) is 10.7 Å². The number of aromatic nitrogens is 1. The van der Waals surface area contributed by atoms with Crippen molar-refractivity contribution in [2.24, 2.45) is 0 Å². The second kappa shape index (κ2) is 1.81. The first-order valence-electron chi connectivity index (χ1n) is 3.31. The quantitative estimate of drug-likeness (QED) is 0.535. The van der Waals surface area contributed by atoms with E-state index in [2.05, 4.69) is 11.9 Å². The minimum Gasteiger partial charge on any atom is -0.246 e. The van der Waals surface area contributed by atoms with E-state index in [0.717, 1.165) is 0 Å². The van der Waals surface area contributed by atoms with Crippen molar-refractivity contribution in [2.75, 3.05) is 0 Å². The predicted octanol–water partition coefficient (Wildman–Crippen LogP) is 1.94. The zero-order valence-corrected chi connectivity index (χ0v) is 6.29. The SMILES string of the molecule is Cc1nc2c(s1)CCC2. The Morgan fingerprint density at radius 1 is 1.44 bits per heavy atom. The van der Waals surface area contributed by atoms with E-state index in [0.29, 0.717) is 0 Å². The number of hydrogen-bond donors (Lipinski definition) is 0. The molecule has 2 heteroatoms. The summed E-state index contributed by atoms with van der Waals surface area (Å²) in [6.07, 6.45) is 3.83. The summed E-state index contributed by atoms with van der Waals surface area (Å²) >= 11 is 1.87. The molecule has 0 saturated carbocycles. The number of thiazole rings is 1. The summed E-state index contributed by atoms with van der Waals surface area (Å²) in [6.45, 7) is 2.09. The van der Waals surface area contributed by atoms with Gasteiger partial charge in [-0.05, 0) is 26.2 Å². The highest BCUT2D eigenvalue weighted by molar-refractivity contribution is 7.11. The summed E-state index contributed by atoms with van der Waals surface area (Å²) < 4.78 is 0. The topological polar surface area (TPSA) is 12.9 Å². The van der Waals surface area contributed by atoms with Crippen molar-refractivity contribution in [3.8, 4) is 0 Å². The first kappa shape index (κ1) is 5.42. The van der Waals surface area contributed by atoms with Gasteiger partial charge in [0.25, 0.3) is 0 Å². The molecule has 0 aliphatic heterocycles. The van der Waals surface area contributed by atoms with Crippen LogP contribution in [-0.4, -0.2) is 4.98 Å². The number of aryl methyl sites for hydroxylation is 3. The molecule has 2 rings (SSSR count). The van der Waals surface area contributed by atoms with E-state index in [4.69, 9.17) is 0 Å². The highest BCUT2D eigenvalue weighted by Crippen LogP contribution is 2.26. The highest BCUT2D eigenvalue weighted by atomic mass is 32.1. The van der Waals surface area contributed by atoms with Crippen LogP contribution in [0.4, 0.5) is 0 Å². The average Bonchev–Trinajstić information content (AvgIpc) is 2.22. The van der Waals surface area contributed by atoms with Crippen LogP contribution >= 0.6 is 11.3 Å². The van der Waals surface area contributed by atoms with E-state index in [1.54, 1.807) is 0 Å². The number of hydrogen-bond acceptors (Lipinski definition) is 2. The third-order valence-corrected chi connectivity index (χ3v) is 2.78. The molecule has 0 saturated heterocycles. The van der Waals surface area contributed by atoms with Gasteiger partial charge in [0.1, 0.15) is 0 Å². The Hall–Kier alpha value is -0.370. The molecule has 0 unspecified atom stereocenters. The zero-order chi connectivity index (χ0) is 6.27. The summed E-state index contributed by atoms with van der Waals surface area (Å²) in [4.78, 5) is 5.94. The molecule has 48 valence electrons. The molecule has 0 bridgehead atoms. The summed E-state index contributed by atoms with van der Waals surface area (Å²) in [7, 11) is 0. The number of nitrogens with zero attached hydrogens (tertiary/aromatic N) is 1. The van der Waals surface area contributed by atoms with Gasteiger partial charge in [0.15, 0.2) is 0 Å². The van der Waals surface area contributed by atoms with Gasteiger partial charge >= 0.3 is 0 Å². The van der Waals surface area contributed by atoms with E-state index in [1.807, 2.05) is 11.3 Å². The van der Waals surface area contributed by atoms with Gasteiger partial charge in [-0.3, -0.25) is 0 Å². The maximum atomic E-state index is 4.41. The van der Waals surface area contributed by atoms with Crippen LogP contribution in [0.3, 0.4) is 0 Å². The Balaban J connectivity index is 2.51. The van der Waals surface area contributed by atoms with E-state index in [-0.39, 0.29) is 0 Å². The zero-order valence-electron chi connectivity index (χ0n) is 5.48. The molecule has 0 aromatic carbocycles. The molecule has 1 aromatic rings. The monoisotopic (exact) mass is 139 g/mol. The van der Waals surface area contributed by atoms with Crippen LogP contribution in [0.2, 0.25) is 0 Å². The molecular formula is C7H9NS. The Morgan fingerprint density at radius 3 is 3.11 bits per heavy atom. The smallest absolute Gasteiger partial charge is 0.0900 e. The summed E-state index contributed by atoms with van der Waals surface area (Å²) in [5.74, 6) is 0. The van der Waals surface area contributed by atoms with E-state index in [9.17, 15) is 0 Å². The third-order valence-electron chi connectivity index (χ3n) is 1.70. The van der Waals surface area contributed by atoms with Crippen LogP contribution in [0.1, 0.15) is 22.0 Å². The van der Waals surface area contributed by atoms with Gasteiger partial charge in [0, 0.05) is 4.88 Å². The molecule has 0 fully saturated rings. The second-order valence-electron chi connectivity index (χ2n) is 2.46. The van der Waals surface area contributed by atoms with Gasteiger partial charge in [-0.25, -0.2) is 4.98 Å². The molecule has 0 atom stereocenters. The molecule has 1 aliphatic carbocycles. The summed E-state index contributed by atoms with van der Waals surface area (Å²) in [6, 6.07) is 0. The van der Waals surface area contributed by atoms with Crippen LogP contribution in [0, 0.1) is 6.92 Å². The Morgan fingerprint density at radius 2 is 2.33 bits per heavy atom. The maximum Gasteiger partial charge on any atom is 0.0900 e. The van der Waals surface area contributed by atoms with Crippen LogP contribution < -0.4 is 0 Å². The van der Waals surface area contributed by atoms with Crippen molar-refractivity contribution in [2.45, 2.75) is 26.2 Å². The molecule has 0 spiro atoms. The van der Waals surface area contributed by atoms with Crippen molar-refractivity contribution < 1.29 is 0 Å². The van der Waals surface area contributed by atoms with Gasteiger partial charge in [-0.2, -0.15) is 0 Å². The second-order valence-corrected chi connectivity index (χ2v) is 3.74. The van der Waals surface area contributed by atoms with Crippen molar-refractivity contribution >= 4 is 11.3 Å². The lowest BCUT2D eigenvalue weighted by Gasteiger charge is -1.80. The fourth-order valence-electron chi connectivity index (χ4n) is 1.32. The molecule has 0 radical (unpaired) electrons. The summed E-state index contributed by atoms with van der Waals surface area (Å²) in [5, 5.41) is 1.24. The maximum absolute atomic E-state index is 4.41. The van der Waals surface area contributed by atoms with E-state index < -0.39 is 0 Å². The lowest BCUT2D eigenvalue weighted by atomic mass is 10.4. The molecule has 1 aliphatic rings. The molecule has 1 aromatic heterocycles. The normalized spacial score (nSPS) is 16.1. The van der Waals surface area contributed by atoms with Crippen molar-refractivity contribution in [1.82, 2.24) is 4.98 Å². The first-order chi connectivity index (χ1) is 4.36. The van der Waals surface area contributed by atoms with Gasteiger partial charge in [-0.15, -0.1) is 11.3 Å². The van der Waals surface area contributed by atoms with Gasteiger partial charge < -0.3 is 0 Å². The van der Waals surface area contributed by atoms with Crippen LogP contribution in [-0.2, 0) is 12.8 Å². The fraction of sp³-hybridized carbons (Fsp3) is 0.571. The molecule has 9 heavy (non-hydrogen) atoms. The first-order valence-corrected chi connectivity index (χ1v) is 4.13. The molecular weight excluding hydrogens is 130 g/mol. The minimum absolute atomic E-state index is 1.22. The van der Waals surface area contributed by atoms with Crippen molar-refractivity contribution in [3.63, 3.8) is 0 Å². The van der Waals surface area contributed by atoms with Crippen molar-refractivity contribution in [3.05, 3.63) is 15.6 Å². The Labute approximate surface area is 58.7 Å². The Bertz CT molecular complexity index is 205. The molecule has 1 heterocycles. The predicted molar refractivity (Wildman–Crippen MR) is 38.9 cm³/mol. The Kier molecular flexibility index (Phi) is 1.09. The summed E-state index contributed by atoms with van der Waals surface area (Å²) in [5.41, 5.74) is 1.37.